The van der Waals surface area contributed by atoms with Crippen LogP contribution in [0, 0.1) is 19.7 Å². The molecule has 2 aromatic carbocycles. The van der Waals surface area contributed by atoms with Crippen molar-refractivity contribution in [2.45, 2.75) is 26.9 Å². The van der Waals surface area contributed by atoms with Gasteiger partial charge in [0, 0.05) is 5.69 Å². The molecule has 0 aliphatic heterocycles. The average Bonchev–Trinajstić information content (AvgIpc) is 2.45. The van der Waals surface area contributed by atoms with E-state index < -0.39 is 6.10 Å². The van der Waals surface area contributed by atoms with E-state index in [-0.39, 0.29) is 11.7 Å². The minimum atomic E-state index is -0.671. The molecule has 3 nitrogen and oxygen atoms in total. The zero-order valence-corrected chi connectivity index (χ0v) is 12.3. The fraction of sp³-hybridized carbons (Fsp3) is 0.235. The first-order valence-corrected chi connectivity index (χ1v) is 6.76. The number of hydrogen-bond acceptors (Lipinski definition) is 2. The number of aryl methyl sites for hydroxylation is 2. The molecule has 21 heavy (non-hydrogen) atoms. The zero-order valence-electron chi connectivity index (χ0n) is 12.3. The van der Waals surface area contributed by atoms with Gasteiger partial charge in [-0.05, 0) is 62.2 Å². The number of rotatable bonds is 4. The molecule has 1 atom stereocenters. The molecule has 0 heterocycles. The Balaban J connectivity index is 2.02. The second-order valence-corrected chi connectivity index (χ2v) is 5.02. The predicted molar refractivity (Wildman–Crippen MR) is 81.0 cm³/mol. The number of benzene rings is 2. The molecule has 0 unspecified atom stereocenters. The summed E-state index contributed by atoms with van der Waals surface area (Å²) in [6.45, 7) is 5.55. The molecule has 1 N–H and O–H groups in total. The van der Waals surface area contributed by atoms with Gasteiger partial charge >= 0.3 is 0 Å². The Hall–Kier alpha value is -2.36. The third-order valence-corrected chi connectivity index (χ3v) is 3.15. The Bertz CT molecular complexity index is 638. The van der Waals surface area contributed by atoms with Crippen molar-refractivity contribution in [3.63, 3.8) is 0 Å². The molecular formula is C17H18FNO2. The molecule has 4 heteroatoms. The van der Waals surface area contributed by atoms with E-state index in [9.17, 15) is 9.18 Å². The van der Waals surface area contributed by atoms with Crippen LogP contribution in [0.3, 0.4) is 0 Å². The van der Waals surface area contributed by atoms with Crippen LogP contribution in [0.5, 0.6) is 5.75 Å². The smallest absolute Gasteiger partial charge is 0.265 e. The molecule has 0 spiro atoms. The van der Waals surface area contributed by atoms with Gasteiger partial charge in [-0.25, -0.2) is 4.39 Å². The Kier molecular flexibility index (Phi) is 4.58. The highest BCUT2D eigenvalue weighted by Gasteiger charge is 2.15. The van der Waals surface area contributed by atoms with E-state index in [0.29, 0.717) is 5.75 Å². The molecule has 1 amide bonds. The van der Waals surface area contributed by atoms with Crippen molar-refractivity contribution in [2.75, 3.05) is 5.32 Å². The van der Waals surface area contributed by atoms with Gasteiger partial charge in [0.1, 0.15) is 11.6 Å². The van der Waals surface area contributed by atoms with Crippen molar-refractivity contribution >= 4 is 11.6 Å². The molecular weight excluding hydrogens is 269 g/mol. The molecule has 2 rings (SSSR count). The lowest BCUT2D eigenvalue weighted by Gasteiger charge is -2.16. The Morgan fingerprint density at radius 2 is 1.81 bits per heavy atom. The lowest BCUT2D eigenvalue weighted by atomic mass is 10.1. The molecule has 0 radical (unpaired) electrons. The van der Waals surface area contributed by atoms with Crippen molar-refractivity contribution < 1.29 is 13.9 Å². The van der Waals surface area contributed by atoms with Crippen molar-refractivity contribution in [2.24, 2.45) is 0 Å². The van der Waals surface area contributed by atoms with Gasteiger partial charge in [0.2, 0.25) is 0 Å². The monoisotopic (exact) mass is 287 g/mol. The van der Waals surface area contributed by atoms with Crippen molar-refractivity contribution in [1.29, 1.82) is 0 Å². The van der Waals surface area contributed by atoms with Gasteiger partial charge < -0.3 is 10.1 Å². The highest BCUT2D eigenvalue weighted by Crippen LogP contribution is 2.18. The molecule has 110 valence electrons. The lowest BCUT2D eigenvalue weighted by Crippen LogP contribution is -2.30. The summed E-state index contributed by atoms with van der Waals surface area (Å²) in [6.07, 6.45) is -0.671. The number of hydrogen-bond donors (Lipinski definition) is 1. The average molecular weight is 287 g/mol. The molecule has 0 saturated carbocycles. The first-order chi connectivity index (χ1) is 9.95. The molecule has 2 aromatic rings. The number of anilines is 1. The van der Waals surface area contributed by atoms with E-state index in [1.165, 1.54) is 24.3 Å². The maximum Gasteiger partial charge on any atom is 0.265 e. The first kappa shape index (κ1) is 15.0. The number of carbonyl (C=O) groups is 1. The highest BCUT2D eigenvalue weighted by atomic mass is 19.1. The van der Waals surface area contributed by atoms with Crippen molar-refractivity contribution in [3.8, 4) is 5.75 Å². The second-order valence-electron chi connectivity index (χ2n) is 5.02. The molecule has 0 aliphatic rings. The van der Waals surface area contributed by atoms with Gasteiger partial charge in [0.15, 0.2) is 6.10 Å². The third kappa shape index (κ3) is 4.05. The highest BCUT2D eigenvalue weighted by molar-refractivity contribution is 5.94. The number of carbonyl (C=O) groups excluding carboxylic acids is 1. The summed E-state index contributed by atoms with van der Waals surface area (Å²) in [5.74, 6) is -0.122. The maximum absolute atomic E-state index is 12.8. The predicted octanol–water partition coefficient (Wildman–Crippen LogP) is 3.85. The van der Waals surface area contributed by atoms with Crippen LogP contribution in [0.25, 0.3) is 0 Å². The minimum Gasteiger partial charge on any atom is -0.481 e. The van der Waals surface area contributed by atoms with Gasteiger partial charge in [-0.3, -0.25) is 4.79 Å². The summed E-state index contributed by atoms with van der Waals surface area (Å²) < 4.78 is 18.3. The Morgan fingerprint density at radius 3 is 2.48 bits per heavy atom. The summed E-state index contributed by atoms with van der Waals surface area (Å²) in [4.78, 5) is 12.1. The fourth-order valence-electron chi connectivity index (χ4n) is 1.88. The Morgan fingerprint density at radius 1 is 1.14 bits per heavy atom. The molecule has 0 aromatic heterocycles. The van der Waals surface area contributed by atoms with Gasteiger partial charge in [0.25, 0.3) is 5.91 Å². The topological polar surface area (TPSA) is 38.3 Å². The maximum atomic E-state index is 12.8. The van der Waals surface area contributed by atoms with Gasteiger partial charge in [0.05, 0.1) is 0 Å². The molecule has 0 aliphatic carbocycles. The van der Waals surface area contributed by atoms with Gasteiger partial charge in [-0.1, -0.05) is 12.1 Å². The van der Waals surface area contributed by atoms with Crippen LogP contribution >= 0.6 is 0 Å². The van der Waals surface area contributed by atoms with Crippen LogP contribution in [0.2, 0.25) is 0 Å². The minimum absolute atomic E-state index is 0.243. The summed E-state index contributed by atoms with van der Waals surface area (Å²) in [6, 6.07) is 11.4. The van der Waals surface area contributed by atoms with Crippen LogP contribution in [-0.2, 0) is 4.79 Å². The van der Waals surface area contributed by atoms with Crippen LogP contribution < -0.4 is 10.1 Å². The molecule has 0 saturated heterocycles. The summed E-state index contributed by atoms with van der Waals surface area (Å²) >= 11 is 0. The summed E-state index contributed by atoms with van der Waals surface area (Å²) in [7, 11) is 0. The number of halogens is 1. The van der Waals surface area contributed by atoms with Crippen LogP contribution in [0.15, 0.2) is 42.5 Å². The second kappa shape index (κ2) is 6.39. The summed E-state index contributed by atoms with van der Waals surface area (Å²) in [5.41, 5.74) is 2.83. The van der Waals surface area contributed by atoms with Gasteiger partial charge in [-0.2, -0.15) is 0 Å². The largest absolute Gasteiger partial charge is 0.481 e. The van der Waals surface area contributed by atoms with Crippen molar-refractivity contribution in [3.05, 3.63) is 59.4 Å². The normalized spacial score (nSPS) is 11.8. The van der Waals surface area contributed by atoms with Gasteiger partial charge in [-0.15, -0.1) is 0 Å². The van der Waals surface area contributed by atoms with E-state index in [0.717, 1.165) is 16.8 Å². The number of ether oxygens (including phenoxy) is 1. The van der Waals surface area contributed by atoms with Crippen LogP contribution in [0.4, 0.5) is 10.1 Å². The third-order valence-electron chi connectivity index (χ3n) is 3.15. The van der Waals surface area contributed by atoms with E-state index in [2.05, 4.69) is 5.32 Å². The fourth-order valence-corrected chi connectivity index (χ4v) is 1.88. The zero-order chi connectivity index (χ0) is 15.4. The Labute approximate surface area is 123 Å². The van der Waals surface area contributed by atoms with Crippen LogP contribution in [-0.4, -0.2) is 12.0 Å². The summed E-state index contributed by atoms with van der Waals surface area (Å²) in [5, 5.41) is 2.84. The number of amides is 1. The van der Waals surface area contributed by atoms with Crippen LogP contribution in [0.1, 0.15) is 18.1 Å². The standard InChI is InChI=1S/C17H18FNO2/c1-11-4-5-12(2)16(10-11)19-17(20)13(3)21-15-8-6-14(18)7-9-15/h4-10,13H,1-3H3,(H,19,20)/t13-/m1/s1. The lowest BCUT2D eigenvalue weighted by molar-refractivity contribution is -0.122. The van der Waals surface area contributed by atoms with E-state index in [4.69, 9.17) is 4.74 Å². The number of nitrogens with one attached hydrogen (secondary N) is 1. The molecule has 0 bridgehead atoms. The molecule has 0 fully saturated rings. The SMILES string of the molecule is Cc1ccc(C)c(NC(=O)[C@@H](C)Oc2ccc(F)cc2)c1. The quantitative estimate of drug-likeness (QED) is 0.927. The van der Waals surface area contributed by atoms with E-state index in [1.807, 2.05) is 32.0 Å². The first-order valence-electron chi connectivity index (χ1n) is 6.76. The van der Waals surface area contributed by atoms with Crippen molar-refractivity contribution in [1.82, 2.24) is 0 Å². The van der Waals surface area contributed by atoms with E-state index >= 15 is 0 Å². The van der Waals surface area contributed by atoms with E-state index in [1.54, 1.807) is 6.92 Å².